The van der Waals surface area contributed by atoms with Crippen LogP contribution in [-0.2, 0) is 10.9 Å². The van der Waals surface area contributed by atoms with Gasteiger partial charge in [0, 0.05) is 11.5 Å². The van der Waals surface area contributed by atoms with Gasteiger partial charge in [-0.25, -0.2) is 4.39 Å². The number of allylic oxidation sites excluding steroid dienone is 1. The van der Waals surface area contributed by atoms with E-state index in [2.05, 4.69) is 43.3 Å². The molecule has 0 aromatic heterocycles. The number of alkyl halides is 3. The summed E-state index contributed by atoms with van der Waals surface area (Å²) >= 11 is 0. The molecule has 0 spiro atoms. The van der Waals surface area contributed by atoms with Crippen molar-refractivity contribution >= 4 is 0 Å². The van der Waals surface area contributed by atoms with Crippen LogP contribution in [0.5, 0.6) is 5.75 Å². The minimum Gasteiger partial charge on any atom is -0.493 e. The second-order valence-corrected chi connectivity index (χ2v) is 10.6. The lowest BCUT2D eigenvalue weighted by Gasteiger charge is -2.30. The molecule has 0 bridgehead atoms. The van der Waals surface area contributed by atoms with E-state index < -0.39 is 29.4 Å². The van der Waals surface area contributed by atoms with E-state index in [0.717, 1.165) is 25.7 Å². The molecule has 2 fully saturated rings. The normalized spacial score (nSPS) is 24.9. The summed E-state index contributed by atoms with van der Waals surface area (Å²) in [5, 5.41) is 0. The fraction of sp³-hybridized carbons (Fsp3) is 0.548. The Morgan fingerprint density at radius 2 is 1.59 bits per heavy atom. The second kappa shape index (κ2) is 12.5. The summed E-state index contributed by atoms with van der Waals surface area (Å²) in [6, 6.07) is 11.5. The lowest BCUT2D eigenvalue weighted by Crippen LogP contribution is -2.22. The molecule has 202 valence electrons. The topological polar surface area (TPSA) is 18.5 Å². The highest BCUT2D eigenvalue weighted by Gasteiger charge is 2.40. The smallest absolute Gasteiger partial charge is 0.422 e. The molecule has 1 heterocycles. The summed E-state index contributed by atoms with van der Waals surface area (Å²) in [6.45, 7) is 4.53. The number of ether oxygens (including phenoxy) is 2. The molecule has 2 unspecified atom stereocenters. The van der Waals surface area contributed by atoms with Crippen molar-refractivity contribution in [3.8, 4) is 5.75 Å². The fourth-order valence-corrected chi connectivity index (χ4v) is 5.50. The van der Waals surface area contributed by atoms with Gasteiger partial charge in [0.05, 0.1) is 19.3 Å². The molecule has 6 heteroatoms. The molecule has 2 nitrogen and oxygen atoms in total. The van der Waals surface area contributed by atoms with Gasteiger partial charge < -0.3 is 9.47 Å². The summed E-state index contributed by atoms with van der Waals surface area (Å²) in [5.41, 5.74) is 1.36. The monoisotopic (exact) mass is 518 g/mol. The van der Waals surface area contributed by atoms with Crippen LogP contribution in [0, 0.1) is 24.6 Å². The number of halogens is 4. The van der Waals surface area contributed by atoms with E-state index in [1.807, 2.05) is 6.92 Å². The minimum atomic E-state index is -4.83. The number of hydrogen-bond acceptors (Lipinski definition) is 2. The molecule has 1 saturated heterocycles. The number of hydrogen-bond donors (Lipinski definition) is 0. The molecule has 0 amide bonds. The molecule has 1 aliphatic heterocycles. The summed E-state index contributed by atoms with van der Waals surface area (Å²) in [4.78, 5) is 0. The van der Waals surface area contributed by atoms with Gasteiger partial charge in [-0.3, -0.25) is 0 Å². The van der Waals surface area contributed by atoms with Crippen LogP contribution in [0.4, 0.5) is 17.6 Å². The summed E-state index contributed by atoms with van der Waals surface area (Å²) < 4.78 is 67.3. The lowest BCUT2D eigenvalue weighted by molar-refractivity contribution is -0.141. The molecule has 0 radical (unpaired) electrons. The molecule has 37 heavy (non-hydrogen) atoms. The Kier molecular flexibility index (Phi) is 9.33. The Balaban J connectivity index is 1.31. The molecule has 2 atom stereocenters. The van der Waals surface area contributed by atoms with Gasteiger partial charge in [-0.2, -0.15) is 13.2 Å². The van der Waals surface area contributed by atoms with Gasteiger partial charge in [-0.1, -0.05) is 55.3 Å². The van der Waals surface area contributed by atoms with E-state index in [1.165, 1.54) is 36.1 Å². The van der Waals surface area contributed by atoms with Crippen molar-refractivity contribution in [2.45, 2.75) is 83.4 Å². The Morgan fingerprint density at radius 3 is 2.22 bits per heavy atom. The van der Waals surface area contributed by atoms with Crippen LogP contribution in [0.3, 0.4) is 0 Å². The van der Waals surface area contributed by atoms with E-state index in [1.54, 1.807) is 0 Å². The van der Waals surface area contributed by atoms with Gasteiger partial charge in [0.1, 0.15) is 17.1 Å². The standard InChI is InChI=1S/C31H38F4O2/c1-3-4-19-36-28-18-16-26(30(32)29(28)31(33,34)35)27-17-11-23(20-37-27)8-7-22-9-14-25(15-10-22)24-12-5-21(2)6-13-24/h5-8,12-13,16,18,22-23,25,27H,3-4,9-11,14-15,17,19-20H2,1-2H3/b8-7+. The van der Waals surface area contributed by atoms with Gasteiger partial charge >= 0.3 is 6.18 Å². The zero-order chi connectivity index (χ0) is 26.4. The molecule has 1 aliphatic carbocycles. The van der Waals surface area contributed by atoms with Crippen LogP contribution in [0.1, 0.15) is 92.6 Å². The van der Waals surface area contributed by atoms with Crippen LogP contribution in [0.25, 0.3) is 0 Å². The maximum Gasteiger partial charge on any atom is 0.422 e. The van der Waals surface area contributed by atoms with Crippen molar-refractivity contribution in [3.63, 3.8) is 0 Å². The number of benzene rings is 2. The molecular weight excluding hydrogens is 480 g/mol. The molecule has 1 saturated carbocycles. The van der Waals surface area contributed by atoms with E-state index in [-0.39, 0.29) is 18.1 Å². The Morgan fingerprint density at radius 1 is 0.919 bits per heavy atom. The highest BCUT2D eigenvalue weighted by atomic mass is 19.4. The van der Waals surface area contributed by atoms with E-state index in [0.29, 0.717) is 31.3 Å². The van der Waals surface area contributed by atoms with Crippen molar-refractivity contribution in [3.05, 3.63) is 76.6 Å². The fourth-order valence-electron chi connectivity index (χ4n) is 5.50. The first-order chi connectivity index (χ1) is 17.8. The van der Waals surface area contributed by atoms with Crippen molar-refractivity contribution < 1.29 is 27.0 Å². The number of unbranched alkanes of at least 4 members (excludes halogenated alkanes) is 1. The predicted octanol–water partition coefficient (Wildman–Crippen LogP) is 9.33. The summed E-state index contributed by atoms with van der Waals surface area (Å²) in [7, 11) is 0. The number of aryl methyl sites for hydroxylation is 1. The highest BCUT2D eigenvalue weighted by molar-refractivity contribution is 5.42. The van der Waals surface area contributed by atoms with Gasteiger partial charge in [0.15, 0.2) is 0 Å². The van der Waals surface area contributed by atoms with E-state index in [4.69, 9.17) is 9.47 Å². The van der Waals surface area contributed by atoms with Gasteiger partial charge in [0.2, 0.25) is 0 Å². The molecule has 2 aromatic carbocycles. The first kappa shape index (κ1) is 27.7. The zero-order valence-corrected chi connectivity index (χ0v) is 21.8. The van der Waals surface area contributed by atoms with Crippen LogP contribution in [0.2, 0.25) is 0 Å². The molecule has 2 aliphatic rings. The average molecular weight is 519 g/mol. The summed E-state index contributed by atoms with van der Waals surface area (Å²) in [5.74, 6) is -0.343. The first-order valence-corrected chi connectivity index (χ1v) is 13.6. The third kappa shape index (κ3) is 7.16. The van der Waals surface area contributed by atoms with E-state index in [9.17, 15) is 13.2 Å². The maximum atomic E-state index is 15.1. The highest BCUT2D eigenvalue weighted by Crippen LogP contribution is 2.43. The van der Waals surface area contributed by atoms with Crippen LogP contribution in [-0.4, -0.2) is 13.2 Å². The van der Waals surface area contributed by atoms with Gasteiger partial charge in [-0.15, -0.1) is 0 Å². The molecule has 2 aromatic rings. The average Bonchev–Trinajstić information content (AvgIpc) is 2.88. The van der Waals surface area contributed by atoms with Gasteiger partial charge in [-0.05, 0) is 81.4 Å². The first-order valence-electron chi connectivity index (χ1n) is 13.6. The quantitative estimate of drug-likeness (QED) is 0.197. The third-order valence-corrected chi connectivity index (χ3v) is 7.81. The van der Waals surface area contributed by atoms with Crippen molar-refractivity contribution in [1.82, 2.24) is 0 Å². The zero-order valence-electron chi connectivity index (χ0n) is 21.8. The minimum absolute atomic E-state index is 0.0352. The Labute approximate surface area is 218 Å². The molecule has 0 N–H and O–H groups in total. The number of rotatable bonds is 8. The largest absolute Gasteiger partial charge is 0.493 e. The summed E-state index contributed by atoms with van der Waals surface area (Å²) in [6.07, 6.45) is 6.29. The molecule has 4 rings (SSSR count). The van der Waals surface area contributed by atoms with Crippen molar-refractivity contribution in [2.24, 2.45) is 11.8 Å². The Hall–Kier alpha value is -2.34. The SMILES string of the molecule is CCCCOc1ccc(C2CCC(/C=C/C3CCC(c4ccc(C)cc4)CC3)CO2)c(F)c1C(F)(F)F. The molecular formula is C31H38F4O2. The predicted molar refractivity (Wildman–Crippen MR) is 138 cm³/mol. The lowest BCUT2D eigenvalue weighted by atomic mass is 9.78. The Bertz CT molecular complexity index is 1030. The van der Waals surface area contributed by atoms with Crippen molar-refractivity contribution in [2.75, 3.05) is 13.2 Å². The second-order valence-electron chi connectivity index (χ2n) is 10.6. The van der Waals surface area contributed by atoms with Crippen LogP contribution >= 0.6 is 0 Å². The van der Waals surface area contributed by atoms with E-state index >= 15 is 4.39 Å². The maximum absolute atomic E-state index is 15.1. The third-order valence-electron chi connectivity index (χ3n) is 7.81. The van der Waals surface area contributed by atoms with Crippen LogP contribution in [0.15, 0.2) is 48.6 Å². The van der Waals surface area contributed by atoms with Crippen LogP contribution < -0.4 is 4.74 Å². The van der Waals surface area contributed by atoms with Gasteiger partial charge in [0.25, 0.3) is 0 Å². The van der Waals surface area contributed by atoms with Crippen molar-refractivity contribution in [1.29, 1.82) is 0 Å².